The smallest absolute Gasteiger partial charge is 0.305 e. The highest BCUT2D eigenvalue weighted by Gasteiger charge is 2.36. The molecule has 1 aromatic carbocycles. The monoisotopic (exact) mass is 515 g/mol. The normalized spacial score (nSPS) is 15.6. The summed E-state index contributed by atoms with van der Waals surface area (Å²) < 4.78 is 0. The van der Waals surface area contributed by atoms with Gasteiger partial charge in [0.2, 0.25) is 17.7 Å². The van der Waals surface area contributed by atoms with E-state index in [1.807, 2.05) is 13.8 Å². The average molecular weight is 516 g/mol. The number of amides is 4. The molecule has 1 aliphatic heterocycles. The number of aliphatic carboxylic acids is 1. The molecule has 4 N–H and O–H groups in total. The highest BCUT2D eigenvalue weighted by molar-refractivity contribution is 6.07. The van der Waals surface area contributed by atoms with Gasteiger partial charge < -0.3 is 30.8 Å². The second-order valence-corrected chi connectivity index (χ2v) is 8.50. The fraction of sp³-hybridized carbons (Fsp3) is 0.440. The Kier molecular flexibility index (Phi) is 10.8. The molecule has 1 heterocycles. The molecule has 0 bridgehead atoms. The van der Waals surface area contributed by atoms with Crippen molar-refractivity contribution in [2.75, 3.05) is 29.4 Å². The van der Waals surface area contributed by atoms with Gasteiger partial charge in [0.15, 0.2) is 0 Å². The van der Waals surface area contributed by atoms with Crippen LogP contribution in [0.4, 0.5) is 11.4 Å². The Morgan fingerprint density at radius 2 is 1.81 bits per heavy atom. The van der Waals surface area contributed by atoms with E-state index in [-0.39, 0.29) is 25.4 Å². The molecule has 1 aliphatic rings. The van der Waals surface area contributed by atoms with Gasteiger partial charge in [-0.15, -0.1) is 0 Å². The standard InChI is InChI=1S/C25H33N5O7/c1-4-8-21(32)26-12-22(33)28-18-13-29(16(3)5-2)19-9-6-7-10-20(19)30(25(18)37)14-23(34)27-17(15-31)11-24(35)36/h6-7,9-10,15,17-18H,3-5,8,11-14H2,1-2H3,(H,26,32)(H,27,34)(H,28,33)(H,35,36). The molecule has 4 amide bonds. The van der Waals surface area contributed by atoms with Crippen molar-refractivity contribution in [3.05, 3.63) is 36.5 Å². The lowest BCUT2D eigenvalue weighted by Gasteiger charge is -2.28. The van der Waals surface area contributed by atoms with E-state index in [9.17, 15) is 28.8 Å². The zero-order valence-corrected chi connectivity index (χ0v) is 21.0. The predicted octanol–water partition coefficient (Wildman–Crippen LogP) is 0.323. The molecule has 0 radical (unpaired) electrons. The Morgan fingerprint density at radius 1 is 1.14 bits per heavy atom. The zero-order chi connectivity index (χ0) is 27.5. The first kappa shape index (κ1) is 29.0. The SMILES string of the molecule is C=C(CC)N1CC(NC(=O)CNC(=O)CCC)C(=O)N(CC(=O)NC(C=O)CC(=O)O)c2ccccc21. The van der Waals surface area contributed by atoms with Crippen molar-refractivity contribution < 1.29 is 33.9 Å². The minimum Gasteiger partial charge on any atom is -0.481 e. The molecule has 200 valence electrons. The molecular formula is C25H33N5O7. The lowest BCUT2D eigenvalue weighted by atomic mass is 10.2. The minimum absolute atomic E-state index is 0.0330. The second-order valence-electron chi connectivity index (χ2n) is 8.50. The first-order valence-electron chi connectivity index (χ1n) is 12.0. The van der Waals surface area contributed by atoms with E-state index >= 15 is 0 Å². The van der Waals surface area contributed by atoms with E-state index in [2.05, 4.69) is 22.5 Å². The maximum atomic E-state index is 13.6. The summed E-state index contributed by atoms with van der Waals surface area (Å²) in [6, 6.07) is 4.47. The second kappa shape index (κ2) is 13.8. The summed E-state index contributed by atoms with van der Waals surface area (Å²) in [7, 11) is 0. The number of hydrogen-bond donors (Lipinski definition) is 4. The number of rotatable bonds is 13. The van der Waals surface area contributed by atoms with Crippen LogP contribution in [0.2, 0.25) is 0 Å². The van der Waals surface area contributed by atoms with Gasteiger partial charge >= 0.3 is 5.97 Å². The lowest BCUT2D eigenvalue weighted by Crippen LogP contribution is -2.55. The number of para-hydroxylation sites is 2. The van der Waals surface area contributed by atoms with Crippen molar-refractivity contribution in [2.45, 2.75) is 51.6 Å². The summed E-state index contributed by atoms with van der Waals surface area (Å²) >= 11 is 0. The Balaban J connectivity index is 2.35. The lowest BCUT2D eigenvalue weighted by molar-refractivity contribution is -0.139. The third kappa shape index (κ3) is 8.16. The molecule has 2 unspecified atom stereocenters. The zero-order valence-electron chi connectivity index (χ0n) is 21.0. The van der Waals surface area contributed by atoms with Crippen molar-refractivity contribution in [1.29, 1.82) is 0 Å². The summed E-state index contributed by atoms with van der Waals surface area (Å²) in [4.78, 5) is 75.9. The van der Waals surface area contributed by atoms with Crippen molar-refractivity contribution in [1.82, 2.24) is 16.0 Å². The molecule has 2 rings (SSSR count). The molecule has 12 nitrogen and oxygen atoms in total. The third-order valence-corrected chi connectivity index (χ3v) is 5.65. The molecule has 2 atom stereocenters. The Morgan fingerprint density at radius 3 is 2.41 bits per heavy atom. The number of allylic oxidation sites excluding steroid dienone is 1. The number of carbonyl (C=O) groups is 6. The highest BCUT2D eigenvalue weighted by atomic mass is 16.4. The van der Waals surface area contributed by atoms with Crippen LogP contribution in [-0.2, 0) is 28.8 Å². The van der Waals surface area contributed by atoms with E-state index in [4.69, 9.17) is 5.11 Å². The van der Waals surface area contributed by atoms with E-state index in [1.54, 1.807) is 29.2 Å². The molecule has 0 spiro atoms. The maximum absolute atomic E-state index is 13.6. The van der Waals surface area contributed by atoms with Crippen LogP contribution in [0.25, 0.3) is 0 Å². The summed E-state index contributed by atoms with van der Waals surface area (Å²) in [6.45, 7) is 6.99. The van der Waals surface area contributed by atoms with Crippen LogP contribution in [0.15, 0.2) is 36.5 Å². The molecule has 0 saturated carbocycles. The first-order chi connectivity index (χ1) is 17.6. The summed E-state index contributed by atoms with van der Waals surface area (Å²) in [5.41, 5.74) is 1.64. The van der Waals surface area contributed by atoms with Gasteiger partial charge in [-0.2, -0.15) is 0 Å². The van der Waals surface area contributed by atoms with Crippen molar-refractivity contribution in [3.63, 3.8) is 0 Å². The average Bonchev–Trinajstić information content (AvgIpc) is 2.97. The predicted molar refractivity (Wildman–Crippen MR) is 136 cm³/mol. The summed E-state index contributed by atoms with van der Waals surface area (Å²) in [5, 5.41) is 16.4. The van der Waals surface area contributed by atoms with Gasteiger partial charge in [0.25, 0.3) is 5.91 Å². The number of nitrogens with zero attached hydrogens (tertiary/aromatic N) is 2. The van der Waals surface area contributed by atoms with Crippen LogP contribution in [0.3, 0.4) is 0 Å². The molecular weight excluding hydrogens is 482 g/mol. The largest absolute Gasteiger partial charge is 0.481 e. The number of carboxylic acids is 1. The molecule has 0 saturated heterocycles. The van der Waals surface area contributed by atoms with E-state index in [0.29, 0.717) is 36.2 Å². The Hall–Kier alpha value is -4.22. The van der Waals surface area contributed by atoms with Crippen LogP contribution in [0.1, 0.15) is 39.5 Å². The molecule has 1 aromatic rings. The van der Waals surface area contributed by atoms with Crippen LogP contribution >= 0.6 is 0 Å². The topological polar surface area (TPSA) is 165 Å². The van der Waals surface area contributed by atoms with Crippen LogP contribution in [-0.4, -0.2) is 72.7 Å². The number of fused-ring (bicyclic) bond motifs is 1. The number of hydrogen-bond acceptors (Lipinski definition) is 7. The van der Waals surface area contributed by atoms with Gasteiger partial charge in [0.1, 0.15) is 18.9 Å². The quantitative estimate of drug-likeness (QED) is 0.273. The van der Waals surface area contributed by atoms with Crippen molar-refractivity contribution >= 4 is 47.3 Å². The highest BCUT2D eigenvalue weighted by Crippen LogP contribution is 2.35. The molecule has 12 heteroatoms. The molecule has 0 aromatic heterocycles. The number of benzene rings is 1. The van der Waals surface area contributed by atoms with E-state index in [0.717, 1.165) is 0 Å². The number of aldehydes is 1. The number of carboxylic acid groups (broad SMARTS) is 1. The maximum Gasteiger partial charge on any atom is 0.305 e. The van der Waals surface area contributed by atoms with Crippen LogP contribution in [0, 0.1) is 0 Å². The fourth-order valence-electron chi connectivity index (χ4n) is 3.80. The first-order valence-corrected chi connectivity index (χ1v) is 12.0. The van der Waals surface area contributed by atoms with Gasteiger partial charge in [0, 0.05) is 12.1 Å². The fourth-order valence-corrected chi connectivity index (χ4v) is 3.80. The van der Waals surface area contributed by atoms with Crippen molar-refractivity contribution in [2.24, 2.45) is 0 Å². The van der Waals surface area contributed by atoms with Crippen molar-refractivity contribution in [3.8, 4) is 0 Å². The minimum atomic E-state index is -1.27. The number of anilines is 2. The van der Waals surface area contributed by atoms with Gasteiger partial charge in [-0.25, -0.2) is 0 Å². The third-order valence-electron chi connectivity index (χ3n) is 5.65. The van der Waals surface area contributed by atoms with Gasteiger partial charge in [-0.3, -0.25) is 28.9 Å². The van der Waals surface area contributed by atoms with E-state index in [1.165, 1.54) is 4.90 Å². The van der Waals surface area contributed by atoms with Crippen LogP contribution < -0.4 is 25.8 Å². The van der Waals surface area contributed by atoms with Gasteiger partial charge in [-0.1, -0.05) is 32.6 Å². The number of nitrogens with one attached hydrogen (secondary N) is 3. The van der Waals surface area contributed by atoms with Crippen LogP contribution in [0.5, 0.6) is 0 Å². The molecule has 37 heavy (non-hydrogen) atoms. The summed E-state index contributed by atoms with van der Waals surface area (Å²) in [6.07, 6.45) is 1.14. The Labute approximate surface area is 215 Å². The molecule has 0 aliphatic carbocycles. The van der Waals surface area contributed by atoms with E-state index < -0.39 is 48.7 Å². The van der Waals surface area contributed by atoms with Gasteiger partial charge in [-0.05, 0) is 25.0 Å². The van der Waals surface area contributed by atoms with Gasteiger partial charge in [0.05, 0.1) is 36.9 Å². The number of carbonyl (C=O) groups excluding carboxylic acids is 5. The molecule has 0 fully saturated rings. The Bertz CT molecular complexity index is 1060. The summed E-state index contributed by atoms with van der Waals surface area (Å²) in [5.74, 6) is -3.48.